The van der Waals surface area contributed by atoms with Gasteiger partial charge in [0.2, 0.25) is 15.9 Å². The van der Waals surface area contributed by atoms with Crippen LogP contribution in [-0.4, -0.2) is 63.3 Å². The second-order valence-corrected chi connectivity index (χ2v) is 8.65. The maximum absolute atomic E-state index is 12.5. The Kier molecular flexibility index (Phi) is 5.29. The Morgan fingerprint density at radius 2 is 2.00 bits per heavy atom. The van der Waals surface area contributed by atoms with E-state index in [4.69, 9.17) is 4.74 Å². The first-order valence-electron chi connectivity index (χ1n) is 8.65. The van der Waals surface area contributed by atoms with Gasteiger partial charge in [0.05, 0.1) is 24.2 Å². The number of fused-ring (bicyclic) bond motifs is 1. The number of anilines is 1. The van der Waals surface area contributed by atoms with Crippen LogP contribution in [0.1, 0.15) is 36.8 Å². The minimum absolute atomic E-state index is 0.0236. The van der Waals surface area contributed by atoms with E-state index in [1.165, 1.54) is 11.4 Å². The highest BCUT2D eigenvalue weighted by Crippen LogP contribution is 2.38. The van der Waals surface area contributed by atoms with Crippen LogP contribution in [0.15, 0.2) is 12.4 Å². The Morgan fingerprint density at radius 3 is 2.64 bits per heavy atom. The van der Waals surface area contributed by atoms with Crippen molar-refractivity contribution >= 4 is 21.6 Å². The number of aromatic nitrogens is 1. The lowest BCUT2D eigenvalue weighted by Crippen LogP contribution is -2.36. The molecule has 0 bridgehead atoms. The smallest absolute Gasteiger partial charge is 0.237 e. The van der Waals surface area contributed by atoms with Crippen molar-refractivity contribution in [3.63, 3.8) is 0 Å². The van der Waals surface area contributed by atoms with Crippen LogP contribution >= 0.6 is 0 Å². The Balaban J connectivity index is 1.81. The average Bonchev–Trinajstić information content (AvgIpc) is 3.05. The third-order valence-electron chi connectivity index (χ3n) is 5.16. The largest absolute Gasteiger partial charge is 0.384 e. The van der Waals surface area contributed by atoms with Gasteiger partial charge in [0.1, 0.15) is 0 Å². The lowest BCUT2D eigenvalue weighted by molar-refractivity contribution is -0.129. The molecule has 8 heteroatoms. The number of pyridine rings is 1. The van der Waals surface area contributed by atoms with E-state index in [0.717, 1.165) is 37.1 Å². The van der Waals surface area contributed by atoms with Gasteiger partial charge < -0.3 is 9.64 Å². The fraction of sp³-hybridized carbons (Fsp3) is 0.647. The molecule has 0 atom stereocenters. The first-order valence-corrected chi connectivity index (χ1v) is 10.3. The molecule has 138 valence electrons. The van der Waals surface area contributed by atoms with E-state index in [1.54, 1.807) is 13.1 Å². The van der Waals surface area contributed by atoms with Gasteiger partial charge in [0, 0.05) is 39.9 Å². The molecule has 0 spiro atoms. The molecule has 0 saturated carbocycles. The average molecular weight is 367 g/mol. The molecule has 3 heterocycles. The minimum Gasteiger partial charge on any atom is -0.384 e. The lowest BCUT2D eigenvalue weighted by atomic mass is 9.87. The van der Waals surface area contributed by atoms with Gasteiger partial charge >= 0.3 is 0 Å². The van der Waals surface area contributed by atoms with E-state index in [2.05, 4.69) is 4.98 Å². The van der Waals surface area contributed by atoms with Crippen LogP contribution in [0.3, 0.4) is 0 Å². The summed E-state index contributed by atoms with van der Waals surface area (Å²) in [5, 5.41) is 0. The first-order chi connectivity index (χ1) is 11.9. The molecule has 0 unspecified atom stereocenters. The zero-order valence-electron chi connectivity index (χ0n) is 14.8. The van der Waals surface area contributed by atoms with Crippen molar-refractivity contribution in [2.75, 3.05) is 43.4 Å². The maximum Gasteiger partial charge on any atom is 0.237 e. The van der Waals surface area contributed by atoms with Gasteiger partial charge in [-0.05, 0) is 36.3 Å². The Hall–Kier alpha value is -1.67. The van der Waals surface area contributed by atoms with Crippen LogP contribution in [0.2, 0.25) is 0 Å². The van der Waals surface area contributed by atoms with Gasteiger partial charge in [-0.25, -0.2) is 8.42 Å². The quantitative estimate of drug-likeness (QED) is 0.780. The van der Waals surface area contributed by atoms with E-state index in [1.807, 2.05) is 11.1 Å². The molecule has 3 rings (SSSR count). The number of piperidine rings is 1. The lowest BCUT2D eigenvalue weighted by Gasteiger charge is -2.32. The third kappa shape index (κ3) is 3.64. The van der Waals surface area contributed by atoms with Crippen LogP contribution in [0.25, 0.3) is 0 Å². The van der Waals surface area contributed by atoms with E-state index >= 15 is 0 Å². The molecular weight excluding hydrogens is 342 g/mol. The van der Waals surface area contributed by atoms with Crippen LogP contribution < -0.4 is 4.31 Å². The minimum atomic E-state index is -3.39. The summed E-state index contributed by atoms with van der Waals surface area (Å²) in [6.07, 6.45) is 6.04. The molecule has 2 aliphatic heterocycles. The summed E-state index contributed by atoms with van der Waals surface area (Å²) in [7, 11) is -1.89. The number of ether oxygens (including phenoxy) is 1. The van der Waals surface area contributed by atoms with E-state index in [-0.39, 0.29) is 18.3 Å². The molecule has 1 amide bonds. The summed E-state index contributed by atoms with van der Waals surface area (Å²) >= 11 is 0. The number of nitrogens with zero attached hydrogens (tertiary/aromatic N) is 3. The van der Waals surface area contributed by atoms with Gasteiger partial charge in [0.25, 0.3) is 0 Å². The number of methoxy groups -OCH3 is 1. The van der Waals surface area contributed by atoms with E-state index < -0.39 is 10.0 Å². The summed E-state index contributed by atoms with van der Waals surface area (Å²) in [4.78, 5) is 17.7. The fourth-order valence-corrected chi connectivity index (χ4v) is 5.18. The molecule has 2 aliphatic rings. The second-order valence-electron chi connectivity index (χ2n) is 6.64. The van der Waals surface area contributed by atoms with Crippen LogP contribution in [0, 0.1) is 0 Å². The molecule has 25 heavy (non-hydrogen) atoms. The van der Waals surface area contributed by atoms with Crippen LogP contribution in [0.4, 0.5) is 5.69 Å². The molecular formula is C17H25N3O4S. The van der Waals surface area contributed by atoms with Crippen molar-refractivity contribution in [2.24, 2.45) is 0 Å². The van der Waals surface area contributed by atoms with E-state index in [9.17, 15) is 13.2 Å². The van der Waals surface area contributed by atoms with Gasteiger partial charge in [-0.3, -0.25) is 14.1 Å². The first kappa shape index (κ1) is 18.1. The summed E-state index contributed by atoms with van der Waals surface area (Å²) < 4.78 is 31.5. The molecule has 0 radical (unpaired) electrons. The predicted molar refractivity (Wildman–Crippen MR) is 95.2 cm³/mol. The number of amides is 1. The molecule has 0 aliphatic carbocycles. The molecule has 7 nitrogen and oxygen atoms in total. The SMILES string of the molecule is COCCS(=O)(=O)N1CCc2c(C3CCN(C(C)=O)CC3)cncc21. The monoisotopic (exact) mass is 367 g/mol. The Bertz CT molecular complexity index is 742. The zero-order valence-corrected chi connectivity index (χ0v) is 15.6. The van der Waals surface area contributed by atoms with Crippen LogP contribution in [-0.2, 0) is 26.0 Å². The number of sulfonamides is 1. The molecule has 0 aromatic carbocycles. The van der Waals surface area contributed by atoms with Crippen molar-refractivity contribution in [1.82, 2.24) is 9.88 Å². The molecule has 1 aromatic heterocycles. The predicted octanol–water partition coefficient (Wildman–Crippen LogP) is 1.15. The van der Waals surface area contributed by atoms with Crippen molar-refractivity contribution in [3.05, 3.63) is 23.5 Å². The number of carbonyl (C=O) groups excluding carboxylic acids is 1. The number of carbonyl (C=O) groups is 1. The summed E-state index contributed by atoms with van der Waals surface area (Å²) in [6.45, 7) is 3.75. The maximum atomic E-state index is 12.5. The fourth-order valence-electron chi connectivity index (χ4n) is 3.76. The Morgan fingerprint density at radius 1 is 1.28 bits per heavy atom. The van der Waals surface area contributed by atoms with E-state index in [0.29, 0.717) is 24.6 Å². The summed E-state index contributed by atoms with van der Waals surface area (Å²) in [5.41, 5.74) is 2.95. The van der Waals surface area contributed by atoms with Crippen LogP contribution in [0.5, 0.6) is 0 Å². The molecule has 1 saturated heterocycles. The summed E-state index contributed by atoms with van der Waals surface area (Å²) in [6, 6.07) is 0. The number of likely N-dealkylation sites (tertiary alicyclic amines) is 1. The highest BCUT2D eigenvalue weighted by molar-refractivity contribution is 7.92. The van der Waals surface area contributed by atoms with Gasteiger partial charge in [-0.1, -0.05) is 0 Å². The number of hydrogen-bond acceptors (Lipinski definition) is 5. The van der Waals surface area contributed by atoms with Crippen molar-refractivity contribution in [2.45, 2.75) is 32.1 Å². The Labute approximate surface area is 149 Å². The van der Waals surface area contributed by atoms with Gasteiger partial charge in [-0.15, -0.1) is 0 Å². The third-order valence-corrected chi connectivity index (χ3v) is 6.90. The number of rotatable bonds is 5. The zero-order chi connectivity index (χ0) is 18.0. The standard InChI is InChI=1S/C17H25N3O4S/c1-13(21)19-6-3-14(4-7-19)16-11-18-12-17-15(16)5-8-20(17)25(22,23)10-9-24-2/h11-12,14H,3-10H2,1-2H3. The second kappa shape index (κ2) is 7.29. The summed E-state index contributed by atoms with van der Waals surface area (Å²) in [5.74, 6) is 0.425. The topological polar surface area (TPSA) is 79.8 Å². The number of hydrogen-bond donors (Lipinski definition) is 0. The van der Waals surface area contributed by atoms with Crippen molar-refractivity contribution in [1.29, 1.82) is 0 Å². The highest BCUT2D eigenvalue weighted by atomic mass is 32.2. The molecule has 0 N–H and O–H groups in total. The molecule has 1 fully saturated rings. The van der Waals surface area contributed by atoms with Crippen molar-refractivity contribution < 1.29 is 17.9 Å². The van der Waals surface area contributed by atoms with Crippen molar-refractivity contribution in [3.8, 4) is 0 Å². The highest BCUT2D eigenvalue weighted by Gasteiger charge is 2.33. The van der Waals surface area contributed by atoms with Gasteiger partial charge in [-0.2, -0.15) is 0 Å². The van der Waals surface area contributed by atoms with Gasteiger partial charge in [0.15, 0.2) is 0 Å². The normalized spacial score (nSPS) is 18.5. The molecule has 1 aromatic rings.